The fourth-order valence-corrected chi connectivity index (χ4v) is 2.49. The van der Waals surface area contributed by atoms with Crippen LogP contribution in [-0.2, 0) is 9.53 Å². The molecule has 2 rings (SSSR count). The zero-order valence-electron chi connectivity index (χ0n) is 13.6. The minimum absolute atomic E-state index is 0.297. The number of anilines is 1. The quantitative estimate of drug-likeness (QED) is 0.772. The summed E-state index contributed by atoms with van der Waals surface area (Å²) in [5.41, 5.74) is 1.30. The Balaban J connectivity index is 1.98. The van der Waals surface area contributed by atoms with Gasteiger partial charge in [0.15, 0.2) is 6.10 Å². The van der Waals surface area contributed by atoms with Crippen molar-refractivity contribution in [3.05, 3.63) is 58.1 Å². The summed E-state index contributed by atoms with van der Waals surface area (Å²) < 4.78 is 10.9. The molecule has 1 N–H and O–H groups in total. The highest BCUT2D eigenvalue weighted by atomic mass is 79.9. The van der Waals surface area contributed by atoms with Crippen LogP contribution in [0.3, 0.4) is 0 Å². The third-order valence-corrected chi connectivity index (χ3v) is 3.94. The average Bonchev–Trinajstić information content (AvgIpc) is 2.62. The number of ether oxygens (including phenoxy) is 2. The van der Waals surface area contributed by atoms with Gasteiger partial charge in [0.25, 0.3) is 5.91 Å². The van der Waals surface area contributed by atoms with E-state index in [-0.39, 0.29) is 0 Å². The van der Waals surface area contributed by atoms with Crippen LogP contribution in [-0.4, -0.2) is 25.1 Å². The number of halogens is 1. The zero-order chi connectivity index (χ0) is 18.4. The van der Waals surface area contributed by atoms with E-state index in [9.17, 15) is 9.59 Å². The van der Waals surface area contributed by atoms with Crippen LogP contribution in [0.25, 0.3) is 0 Å². The molecule has 0 aliphatic carbocycles. The summed E-state index contributed by atoms with van der Waals surface area (Å²) in [5, 5.41) is 11.4. The van der Waals surface area contributed by atoms with E-state index in [1.807, 2.05) is 6.07 Å². The second-order valence-corrected chi connectivity index (χ2v) is 5.93. The van der Waals surface area contributed by atoms with Gasteiger partial charge in [-0.3, -0.25) is 4.79 Å². The molecule has 1 amide bonds. The van der Waals surface area contributed by atoms with E-state index < -0.39 is 18.0 Å². The SMILES string of the molecule is COc1ccc(C(=O)O[C@@H](C)C(=O)Nc2ccc(C#N)cc2)cc1Br. The summed E-state index contributed by atoms with van der Waals surface area (Å²) >= 11 is 3.29. The van der Waals surface area contributed by atoms with E-state index in [1.54, 1.807) is 42.5 Å². The van der Waals surface area contributed by atoms with E-state index in [4.69, 9.17) is 14.7 Å². The predicted molar refractivity (Wildman–Crippen MR) is 95.4 cm³/mol. The lowest BCUT2D eigenvalue weighted by atomic mass is 10.2. The first-order valence-electron chi connectivity index (χ1n) is 7.30. The molecule has 1 atom stereocenters. The lowest BCUT2D eigenvalue weighted by molar-refractivity contribution is -0.123. The van der Waals surface area contributed by atoms with Crippen LogP contribution >= 0.6 is 15.9 Å². The molecule has 0 bridgehead atoms. The summed E-state index contributed by atoms with van der Waals surface area (Å²) in [5.74, 6) is -0.500. The molecule has 0 saturated heterocycles. The van der Waals surface area contributed by atoms with Crippen molar-refractivity contribution in [2.24, 2.45) is 0 Å². The molecule has 128 valence electrons. The highest BCUT2D eigenvalue weighted by Crippen LogP contribution is 2.26. The topological polar surface area (TPSA) is 88.4 Å². The van der Waals surface area contributed by atoms with Crippen molar-refractivity contribution in [3.63, 3.8) is 0 Å². The lowest BCUT2D eigenvalue weighted by Crippen LogP contribution is -2.30. The van der Waals surface area contributed by atoms with E-state index in [0.29, 0.717) is 27.0 Å². The maximum absolute atomic E-state index is 12.1. The van der Waals surface area contributed by atoms with Gasteiger partial charge in [0, 0.05) is 5.69 Å². The van der Waals surface area contributed by atoms with Crippen molar-refractivity contribution in [2.45, 2.75) is 13.0 Å². The summed E-state index contributed by atoms with van der Waals surface area (Å²) in [6.07, 6.45) is -0.982. The molecular weight excluding hydrogens is 388 g/mol. The summed E-state index contributed by atoms with van der Waals surface area (Å²) in [6.45, 7) is 1.48. The molecule has 0 fully saturated rings. The zero-order valence-corrected chi connectivity index (χ0v) is 15.2. The number of methoxy groups -OCH3 is 1. The summed E-state index contributed by atoms with van der Waals surface area (Å²) in [6, 6.07) is 13.1. The van der Waals surface area contributed by atoms with E-state index >= 15 is 0 Å². The number of hydrogen-bond acceptors (Lipinski definition) is 5. The number of benzene rings is 2. The number of nitrogens with zero attached hydrogens (tertiary/aromatic N) is 1. The van der Waals surface area contributed by atoms with Crippen LogP contribution < -0.4 is 10.1 Å². The molecule has 7 heteroatoms. The molecule has 0 aromatic heterocycles. The maximum Gasteiger partial charge on any atom is 0.338 e. The maximum atomic E-state index is 12.1. The molecule has 25 heavy (non-hydrogen) atoms. The highest BCUT2D eigenvalue weighted by Gasteiger charge is 2.19. The molecule has 0 saturated carbocycles. The summed E-state index contributed by atoms with van der Waals surface area (Å²) in [4.78, 5) is 24.3. The third kappa shape index (κ3) is 4.81. The molecule has 0 aliphatic rings. The van der Waals surface area contributed by atoms with Crippen LogP contribution in [0.2, 0.25) is 0 Å². The fraction of sp³-hybridized carbons (Fsp3) is 0.167. The number of carbonyl (C=O) groups excluding carboxylic acids is 2. The smallest absolute Gasteiger partial charge is 0.338 e. The Hall–Kier alpha value is -2.85. The first-order chi connectivity index (χ1) is 11.9. The Morgan fingerprint density at radius 1 is 1.20 bits per heavy atom. The molecule has 0 heterocycles. The fourth-order valence-electron chi connectivity index (χ4n) is 1.95. The van der Waals surface area contributed by atoms with Gasteiger partial charge in [-0.1, -0.05) is 0 Å². The molecule has 0 unspecified atom stereocenters. The monoisotopic (exact) mass is 402 g/mol. The first-order valence-corrected chi connectivity index (χ1v) is 8.09. The van der Waals surface area contributed by atoms with Gasteiger partial charge in [-0.2, -0.15) is 5.26 Å². The Labute approximate surface area is 153 Å². The minimum Gasteiger partial charge on any atom is -0.496 e. The van der Waals surface area contributed by atoms with Gasteiger partial charge in [-0.05, 0) is 65.3 Å². The van der Waals surface area contributed by atoms with Crippen LogP contribution in [0, 0.1) is 11.3 Å². The van der Waals surface area contributed by atoms with Gasteiger partial charge in [0.2, 0.25) is 0 Å². The molecular formula is C18H15BrN2O4. The molecule has 6 nitrogen and oxygen atoms in total. The number of nitriles is 1. The Morgan fingerprint density at radius 2 is 1.88 bits per heavy atom. The van der Waals surface area contributed by atoms with Crippen molar-refractivity contribution in [3.8, 4) is 11.8 Å². The van der Waals surface area contributed by atoms with Gasteiger partial charge < -0.3 is 14.8 Å². The molecule has 2 aromatic carbocycles. The highest BCUT2D eigenvalue weighted by molar-refractivity contribution is 9.10. The number of amides is 1. The van der Waals surface area contributed by atoms with Gasteiger partial charge >= 0.3 is 5.97 Å². The molecule has 0 spiro atoms. The normalized spacial score (nSPS) is 11.1. The van der Waals surface area contributed by atoms with E-state index in [2.05, 4.69) is 21.2 Å². The third-order valence-electron chi connectivity index (χ3n) is 3.32. The van der Waals surface area contributed by atoms with Crippen LogP contribution in [0.5, 0.6) is 5.75 Å². The van der Waals surface area contributed by atoms with Crippen molar-refractivity contribution < 1.29 is 19.1 Å². The number of rotatable bonds is 5. The number of hydrogen-bond donors (Lipinski definition) is 1. The first kappa shape index (κ1) is 18.5. The Kier molecular flexibility index (Phi) is 6.14. The van der Waals surface area contributed by atoms with E-state index in [0.717, 1.165) is 0 Å². The number of esters is 1. The van der Waals surface area contributed by atoms with E-state index in [1.165, 1.54) is 14.0 Å². The van der Waals surface area contributed by atoms with Gasteiger partial charge in [0.1, 0.15) is 5.75 Å². The second kappa shape index (κ2) is 8.31. The second-order valence-electron chi connectivity index (χ2n) is 5.08. The van der Waals surface area contributed by atoms with Crippen molar-refractivity contribution in [2.75, 3.05) is 12.4 Å². The van der Waals surface area contributed by atoms with Crippen LogP contribution in [0.4, 0.5) is 5.69 Å². The average molecular weight is 403 g/mol. The Bertz CT molecular complexity index is 828. The lowest BCUT2D eigenvalue weighted by Gasteiger charge is -2.14. The van der Waals surface area contributed by atoms with Crippen molar-refractivity contribution in [1.82, 2.24) is 0 Å². The molecule has 2 aromatic rings. The van der Waals surface area contributed by atoms with Gasteiger partial charge in [0.05, 0.1) is 28.8 Å². The van der Waals surface area contributed by atoms with Crippen LogP contribution in [0.1, 0.15) is 22.8 Å². The van der Waals surface area contributed by atoms with Crippen molar-refractivity contribution >= 4 is 33.5 Å². The molecule has 0 radical (unpaired) electrons. The number of nitrogens with one attached hydrogen (secondary N) is 1. The number of carbonyl (C=O) groups is 2. The Morgan fingerprint density at radius 3 is 2.44 bits per heavy atom. The van der Waals surface area contributed by atoms with Gasteiger partial charge in [-0.25, -0.2) is 4.79 Å². The summed E-state index contributed by atoms with van der Waals surface area (Å²) in [7, 11) is 1.52. The predicted octanol–water partition coefficient (Wildman–Crippen LogP) is 3.51. The van der Waals surface area contributed by atoms with Gasteiger partial charge in [-0.15, -0.1) is 0 Å². The van der Waals surface area contributed by atoms with Crippen molar-refractivity contribution in [1.29, 1.82) is 5.26 Å². The minimum atomic E-state index is -0.982. The largest absolute Gasteiger partial charge is 0.496 e. The van der Waals surface area contributed by atoms with Crippen LogP contribution in [0.15, 0.2) is 46.9 Å². The molecule has 0 aliphatic heterocycles. The standard InChI is InChI=1S/C18H15BrN2O4/c1-11(17(22)21-14-6-3-12(10-20)4-7-14)25-18(23)13-5-8-16(24-2)15(19)9-13/h3-9,11H,1-2H3,(H,21,22)/t11-/m0/s1.